The average Bonchev–Trinajstić information content (AvgIpc) is 3.20. The molecule has 0 bridgehead atoms. The lowest BCUT2D eigenvalue weighted by molar-refractivity contribution is 0.0945. The highest BCUT2D eigenvalue weighted by Crippen LogP contribution is 2.23. The molecule has 0 aliphatic rings. The Kier molecular flexibility index (Phi) is 4.02. The molecule has 22 heavy (non-hydrogen) atoms. The lowest BCUT2D eigenvalue weighted by atomic mass is 10.1. The van der Waals surface area contributed by atoms with Crippen LogP contribution in [-0.2, 0) is 0 Å². The van der Waals surface area contributed by atoms with Crippen LogP contribution < -0.4 is 5.32 Å². The number of nitrogens with one attached hydrogen (secondary N) is 2. The zero-order chi connectivity index (χ0) is 15.5. The van der Waals surface area contributed by atoms with Gasteiger partial charge in [0, 0.05) is 0 Å². The second kappa shape index (κ2) is 6.12. The van der Waals surface area contributed by atoms with Gasteiger partial charge >= 0.3 is 0 Å². The summed E-state index contributed by atoms with van der Waals surface area (Å²) in [6.45, 7) is 0. The SMILES string of the molecule is O=C(N[C@H](c1ccc(Cl)c(F)c1)c1nn[nH]n1)c1cnns1. The monoisotopic (exact) mass is 339 g/mol. The number of aromatic amines is 1. The fourth-order valence-electron chi connectivity index (χ4n) is 1.75. The van der Waals surface area contributed by atoms with Crippen molar-refractivity contribution in [3.05, 3.63) is 51.5 Å². The Hall–Kier alpha value is -2.46. The van der Waals surface area contributed by atoms with E-state index in [9.17, 15) is 9.18 Å². The summed E-state index contributed by atoms with van der Waals surface area (Å²) >= 11 is 6.61. The molecule has 112 valence electrons. The van der Waals surface area contributed by atoms with Gasteiger partial charge in [-0.05, 0) is 29.2 Å². The molecule has 0 spiro atoms. The highest BCUT2D eigenvalue weighted by Gasteiger charge is 2.23. The van der Waals surface area contributed by atoms with Gasteiger partial charge < -0.3 is 5.32 Å². The summed E-state index contributed by atoms with van der Waals surface area (Å²) in [5.74, 6) is -0.853. The maximum Gasteiger partial charge on any atom is 0.265 e. The lowest BCUT2D eigenvalue weighted by Crippen LogP contribution is -2.29. The summed E-state index contributed by atoms with van der Waals surface area (Å²) in [5.41, 5.74) is 0.425. The van der Waals surface area contributed by atoms with Crippen LogP contribution in [0.4, 0.5) is 4.39 Å². The molecular formula is C11H7ClFN7OS. The lowest BCUT2D eigenvalue weighted by Gasteiger charge is -2.15. The Morgan fingerprint density at radius 2 is 2.32 bits per heavy atom. The maximum absolute atomic E-state index is 13.7. The fourth-order valence-corrected chi connectivity index (χ4v) is 2.29. The molecular weight excluding hydrogens is 333 g/mol. The second-order valence-electron chi connectivity index (χ2n) is 4.13. The molecule has 2 aromatic heterocycles. The summed E-state index contributed by atoms with van der Waals surface area (Å²) in [6.07, 6.45) is 1.33. The van der Waals surface area contributed by atoms with E-state index in [4.69, 9.17) is 11.6 Å². The molecule has 0 fully saturated rings. The first kappa shape index (κ1) is 14.5. The topological polar surface area (TPSA) is 109 Å². The molecule has 3 aromatic rings. The van der Waals surface area contributed by atoms with Crippen LogP contribution in [0.1, 0.15) is 27.1 Å². The number of nitrogens with zero attached hydrogens (tertiary/aromatic N) is 5. The van der Waals surface area contributed by atoms with E-state index in [1.54, 1.807) is 6.07 Å². The van der Waals surface area contributed by atoms with Crippen LogP contribution >= 0.6 is 23.1 Å². The third-order valence-corrected chi connectivity index (χ3v) is 3.73. The van der Waals surface area contributed by atoms with Gasteiger partial charge in [-0.15, -0.1) is 15.3 Å². The highest BCUT2D eigenvalue weighted by molar-refractivity contribution is 7.07. The Balaban J connectivity index is 1.94. The van der Waals surface area contributed by atoms with Crippen LogP contribution in [0.15, 0.2) is 24.4 Å². The van der Waals surface area contributed by atoms with Gasteiger partial charge in [-0.25, -0.2) is 4.39 Å². The molecule has 1 atom stereocenters. The number of aromatic nitrogens is 6. The van der Waals surface area contributed by atoms with Gasteiger partial charge in [-0.1, -0.05) is 27.4 Å². The summed E-state index contributed by atoms with van der Waals surface area (Å²) < 4.78 is 17.3. The molecule has 11 heteroatoms. The first-order valence-corrected chi connectivity index (χ1v) is 7.07. The van der Waals surface area contributed by atoms with Crippen molar-refractivity contribution in [2.75, 3.05) is 0 Å². The van der Waals surface area contributed by atoms with Crippen molar-refractivity contribution in [3.8, 4) is 0 Å². The number of carbonyl (C=O) groups excluding carboxylic acids is 1. The minimum atomic E-state index is -0.792. The van der Waals surface area contributed by atoms with Crippen LogP contribution in [0, 0.1) is 5.82 Å². The maximum atomic E-state index is 13.7. The van der Waals surface area contributed by atoms with Crippen LogP contribution in [0.2, 0.25) is 5.02 Å². The van der Waals surface area contributed by atoms with E-state index in [1.165, 1.54) is 18.3 Å². The van der Waals surface area contributed by atoms with Crippen molar-refractivity contribution < 1.29 is 9.18 Å². The van der Waals surface area contributed by atoms with Gasteiger partial charge in [-0.3, -0.25) is 4.79 Å². The van der Waals surface area contributed by atoms with E-state index in [2.05, 4.69) is 35.5 Å². The van der Waals surface area contributed by atoms with Crippen LogP contribution in [0.25, 0.3) is 0 Å². The smallest absolute Gasteiger partial charge is 0.265 e. The minimum Gasteiger partial charge on any atom is -0.337 e. The Morgan fingerprint density at radius 3 is 2.95 bits per heavy atom. The van der Waals surface area contributed by atoms with Crippen LogP contribution in [0.3, 0.4) is 0 Å². The zero-order valence-electron chi connectivity index (χ0n) is 10.7. The van der Waals surface area contributed by atoms with E-state index < -0.39 is 17.8 Å². The molecule has 0 saturated heterocycles. The number of carbonyl (C=O) groups is 1. The van der Waals surface area contributed by atoms with Crippen molar-refractivity contribution in [3.63, 3.8) is 0 Å². The fraction of sp³-hybridized carbons (Fsp3) is 0.0909. The number of hydrogen-bond acceptors (Lipinski definition) is 7. The normalized spacial score (nSPS) is 12.1. The summed E-state index contributed by atoms with van der Waals surface area (Å²) in [6, 6.07) is 3.37. The largest absolute Gasteiger partial charge is 0.337 e. The number of benzene rings is 1. The van der Waals surface area contributed by atoms with E-state index in [1.807, 2.05) is 0 Å². The third-order valence-electron chi connectivity index (χ3n) is 2.76. The first-order chi connectivity index (χ1) is 10.6. The molecule has 0 unspecified atom stereocenters. The van der Waals surface area contributed by atoms with Crippen LogP contribution in [0.5, 0.6) is 0 Å². The van der Waals surface area contributed by atoms with E-state index in [0.29, 0.717) is 10.4 Å². The summed E-state index contributed by atoms with van der Waals surface area (Å²) in [4.78, 5) is 12.5. The number of rotatable bonds is 4. The number of hydrogen-bond donors (Lipinski definition) is 2. The second-order valence-corrected chi connectivity index (χ2v) is 5.32. The molecule has 3 rings (SSSR count). The first-order valence-electron chi connectivity index (χ1n) is 5.91. The van der Waals surface area contributed by atoms with Gasteiger partial charge in [-0.2, -0.15) is 5.21 Å². The van der Waals surface area contributed by atoms with E-state index in [-0.39, 0.29) is 10.8 Å². The number of H-pyrrole nitrogens is 1. The van der Waals surface area contributed by atoms with Gasteiger partial charge in [0.05, 0.1) is 11.2 Å². The minimum absolute atomic E-state index is 0.0198. The average molecular weight is 340 g/mol. The predicted molar refractivity (Wildman–Crippen MR) is 74.8 cm³/mol. The zero-order valence-corrected chi connectivity index (χ0v) is 12.3. The molecule has 0 aliphatic heterocycles. The van der Waals surface area contributed by atoms with Crippen LogP contribution in [-0.4, -0.2) is 36.1 Å². The van der Waals surface area contributed by atoms with Gasteiger partial charge in [0.15, 0.2) is 0 Å². The summed E-state index contributed by atoms with van der Waals surface area (Å²) in [7, 11) is 0. The van der Waals surface area contributed by atoms with Crippen molar-refractivity contribution >= 4 is 29.0 Å². The quantitative estimate of drug-likeness (QED) is 0.742. The molecule has 0 radical (unpaired) electrons. The highest BCUT2D eigenvalue weighted by atomic mass is 35.5. The Bertz CT molecular complexity index is 780. The Labute approximate surface area is 131 Å². The van der Waals surface area contributed by atoms with Crippen molar-refractivity contribution in [1.82, 2.24) is 35.5 Å². The van der Waals surface area contributed by atoms with E-state index >= 15 is 0 Å². The molecule has 1 amide bonds. The molecule has 2 heterocycles. The van der Waals surface area contributed by atoms with Crippen molar-refractivity contribution in [1.29, 1.82) is 0 Å². The number of halogens is 2. The summed E-state index contributed by atoms with van der Waals surface area (Å²) in [5, 5.41) is 19.7. The standard InChI is InChI=1S/C11H7ClFN7OS/c12-6-2-1-5(3-7(6)13)9(10-16-18-19-17-10)15-11(21)8-4-14-20-22-8/h1-4,9H,(H,15,21)(H,16,17,18,19)/t9-/m1/s1. The Morgan fingerprint density at radius 1 is 1.45 bits per heavy atom. The molecule has 2 N–H and O–H groups in total. The molecule has 1 aromatic carbocycles. The number of amides is 1. The van der Waals surface area contributed by atoms with Gasteiger partial charge in [0.1, 0.15) is 16.7 Å². The van der Waals surface area contributed by atoms with Gasteiger partial charge in [0.2, 0.25) is 5.82 Å². The predicted octanol–water partition coefficient (Wildman–Crippen LogP) is 1.36. The molecule has 0 aliphatic carbocycles. The molecule has 0 saturated carbocycles. The van der Waals surface area contributed by atoms with Crippen molar-refractivity contribution in [2.45, 2.75) is 6.04 Å². The van der Waals surface area contributed by atoms with Gasteiger partial charge in [0.25, 0.3) is 5.91 Å². The van der Waals surface area contributed by atoms with E-state index in [0.717, 1.165) is 11.5 Å². The molecule has 8 nitrogen and oxygen atoms in total. The third kappa shape index (κ3) is 2.92. The van der Waals surface area contributed by atoms with Crippen molar-refractivity contribution in [2.24, 2.45) is 0 Å². The number of tetrazole rings is 1.